The number of benzene rings is 1. The fourth-order valence-corrected chi connectivity index (χ4v) is 2.35. The van der Waals surface area contributed by atoms with E-state index in [0.29, 0.717) is 24.3 Å². The zero-order valence-corrected chi connectivity index (χ0v) is 13.5. The Bertz CT molecular complexity index is 578. The van der Waals surface area contributed by atoms with Gasteiger partial charge in [-0.05, 0) is 37.0 Å². The van der Waals surface area contributed by atoms with E-state index in [0.717, 1.165) is 19.1 Å². The van der Waals surface area contributed by atoms with Crippen LogP contribution in [-0.4, -0.2) is 29.4 Å². The second kappa shape index (κ2) is 9.13. The number of esters is 1. The van der Waals surface area contributed by atoms with Crippen LogP contribution < -0.4 is 0 Å². The van der Waals surface area contributed by atoms with Crippen molar-refractivity contribution in [1.29, 1.82) is 0 Å². The maximum atomic E-state index is 12.3. The first-order valence-electron chi connectivity index (χ1n) is 7.12. The van der Waals surface area contributed by atoms with Gasteiger partial charge in [0.15, 0.2) is 0 Å². The predicted octanol–water partition coefficient (Wildman–Crippen LogP) is 3.10. The number of aryl methyl sites for hydroxylation is 1. The summed E-state index contributed by atoms with van der Waals surface area (Å²) in [6.45, 7) is 1.95. The van der Waals surface area contributed by atoms with Crippen LogP contribution >= 0.6 is 11.6 Å². The van der Waals surface area contributed by atoms with E-state index in [1.54, 1.807) is 12.1 Å². The molecule has 1 aromatic carbocycles. The summed E-state index contributed by atoms with van der Waals surface area (Å²) in [5, 5.41) is 0.658. The summed E-state index contributed by atoms with van der Waals surface area (Å²) in [5.41, 5.74) is 9.39. The molecule has 0 saturated heterocycles. The van der Waals surface area contributed by atoms with E-state index in [2.05, 4.69) is 9.53 Å². The molecule has 118 valence electrons. The van der Waals surface area contributed by atoms with Gasteiger partial charge >= 0.3 is 11.7 Å². The molecule has 0 bridgehead atoms. The van der Waals surface area contributed by atoms with Crippen molar-refractivity contribution >= 4 is 29.1 Å². The molecule has 0 heterocycles. The van der Waals surface area contributed by atoms with E-state index in [9.17, 15) is 9.59 Å². The number of ketones is 1. The highest BCUT2D eigenvalue weighted by molar-refractivity contribution is 6.62. The van der Waals surface area contributed by atoms with E-state index >= 15 is 0 Å². The molecular formula is C16H19ClN2O3. The molecule has 0 aliphatic rings. The topological polar surface area (TPSA) is 79.8 Å². The lowest BCUT2D eigenvalue weighted by atomic mass is 9.89. The predicted molar refractivity (Wildman–Crippen MR) is 83.8 cm³/mol. The Balaban J connectivity index is 2.80. The summed E-state index contributed by atoms with van der Waals surface area (Å²) in [5.74, 6) is -1.78. The van der Waals surface area contributed by atoms with Gasteiger partial charge in [0.1, 0.15) is 0 Å². The first-order chi connectivity index (χ1) is 10.5. The lowest BCUT2D eigenvalue weighted by molar-refractivity contribution is -0.140. The van der Waals surface area contributed by atoms with Gasteiger partial charge in [0.25, 0.3) is 5.78 Å². The van der Waals surface area contributed by atoms with Crippen molar-refractivity contribution in [1.82, 2.24) is 0 Å². The lowest BCUT2D eigenvalue weighted by Crippen LogP contribution is -2.32. The summed E-state index contributed by atoms with van der Waals surface area (Å²) in [6, 6.07) is 7.39. The molecule has 0 fully saturated rings. The van der Waals surface area contributed by atoms with E-state index < -0.39 is 17.5 Å². The van der Waals surface area contributed by atoms with Crippen LogP contribution in [0.3, 0.4) is 0 Å². The van der Waals surface area contributed by atoms with Crippen molar-refractivity contribution in [2.75, 3.05) is 7.11 Å². The Hall–Kier alpha value is -1.97. The standard InChI is InChI=1S/C16H19ClN2O3/c1-3-4-12(15(20)14(19-18)16(21)22-2)8-5-11-6-9-13(17)10-7-11/h6-7,9-10,12H,3-5,8H2,1-2H3. The summed E-state index contributed by atoms with van der Waals surface area (Å²) in [7, 11) is 1.14. The molecule has 1 aromatic rings. The highest BCUT2D eigenvalue weighted by Crippen LogP contribution is 2.18. The molecule has 0 aromatic heterocycles. The maximum absolute atomic E-state index is 12.3. The average molecular weight is 323 g/mol. The van der Waals surface area contributed by atoms with Gasteiger partial charge in [0.2, 0.25) is 0 Å². The minimum Gasteiger partial charge on any atom is -0.460 e. The molecule has 0 spiro atoms. The summed E-state index contributed by atoms with van der Waals surface area (Å²) < 4.78 is 4.46. The zero-order valence-electron chi connectivity index (χ0n) is 12.7. The Morgan fingerprint density at radius 1 is 1.27 bits per heavy atom. The number of hydrogen-bond donors (Lipinski definition) is 0. The van der Waals surface area contributed by atoms with Crippen LogP contribution in [0.2, 0.25) is 5.02 Å². The van der Waals surface area contributed by atoms with Gasteiger partial charge in [-0.2, -0.15) is 4.79 Å². The highest BCUT2D eigenvalue weighted by Gasteiger charge is 2.35. The number of halogens is 1. The number of carbonyl (C=O) groups excluding carboxylic acids is 2. The van der Waals surface area contributed by atoms with Crippen LogP contribution in [0.25, 0.3) is 5.53 Å². The van der Waals surface area contributed by atoms with Crippen molar-refractivity contribution in [3.8, 4) is 0 Å². The molecule has 0 aliphatic carbocycles. The molecule has 22 heavy (non-hydrogen) atoms. The van der Waals surface area contributed by atoms with Gasteiger partial charge in [-0.1, -0.05) is 37.1 Å². The van der Waals surface area contributed by atoms with Crippen LogP contribution in [0.4, 0.5) is 0 Å². The summed E-state index contributed by atoms with van der Waals surface area (Å²) in [4.78, 5) is 26.6. The Kier molecular flexibility index (Phi) is 7.50. The fraction of sp³-hybridized carbons (Fsp3) is 0.438. The summed E-state index contributed by atoms with van der Waals surface area (Å²) >= 11 is 5.84. The van der Waals surface area contributed by atoms with E-state index in [-0.39, 0.29) is 5.92 Å². The molecule has 6 heteroatoms. The molecule has 0 aliphatic heterocycles. The molecule has 0 saturated carbocycles. The van der Waals surface area contributed by atoms with Crippen molar-refractivity contribution in [2.45, 2.75) is 32.6 Å². The first kappa shape index (κ1) is 18.1. The van der Waals surface area contributed by atoms with E-state index in [4.69, 9.17) is 17.1 Å². The van der Waals surface area contributed by atoms with Crippen LogP contribution in [-0.2, 0) is 20.7 Å². The molecule has 0 N–H and O–H groups in total. The smallest absolute Gasteiger partial charge is 0.441 e. The van der Waals surface area contributed by atoms with Crippen LogP contribution in [0, 0.1) is 5.92 Å². The fourth-order valence-electron chi connectivity index (χ4n) is 2.23. The highest BCUT2D eigenvalue weighted by atomic mass is 35.5. The lowest BCUT2D eigenvalue weighted by Gasteiger charge is -2.12. The number of nitrogens with zero attached hydrogens (tertiary/aromatic N) is 2. The van der Waals surface area contributed by atoms with Gasteiger partial charge in [-0.3, -0.25) is 4.79 Å². The molecule has 1 unspecified atom stereocenters. The monoisotopic (exact) mass is 322 g/mol. The molecule has 0 amide bonds. The van der Waals surface area contributed by atoms with Gasteiger partial charge in [0.05, 0.1) is 7.11 Å². The third-order valence-electron chi connectivity index (χ3n) is 3.41. The Morgan fingerprint density at radius 2 is 1.91 bits per heavy atom. The zero-order chi connectivity index (χ0) is 16.5. The van der Waals surface area contributed by atoms with E-state index in [1.165, 1.54) is 0 Å². The average Bonchev–Trinajstić information content (AvgIpc) is 2.53. The number of rotatable bonds is 8. The third-order valence-corrected chi connectivity index (χ3v) is 3.67. The summed E-state index contributed by atoms with van der Waals surface area (Å²) in [6.07, 6.45) is 2.64. The number of methoxy groups -OCH3 is 1. The normalized spacial score (nSPS) is 11.4. The van der Waals surface area contributed by atoms with Crippen LogP contribution in [0.15, 0.2) is 24.3 Å². The molecule has 5 nitrogen and oxygen atoms in total. The molecule has 0 radical (unpaired) electrons. The van der Waals surface area contributed by atoms with E-state index in [1.807, 2.05) is 19.1 Å². The second-order valence-electron chi connectivity index (χ2n) is 4.96. The van der Waals surface area contributed by atoms with Gasteiger partial charge < -0.3 is 10.3 Å². The number of Topliss-reactive ketones (excluding diaryl/α,β-unsaturated/α-hetero) is 1. The van der Waals surface area contributed by atoms with Gasteiger partial charge in [0, 0.05) is 10.9 Å². The molecular weight excluding hydrogens is 304 g/mol. The van der Waals surface area contributed by atoms with Crippen LogP contribution in [0.5, 0.6) is 0 Å². The van der Waals surface area contributed by atoms with Crippen LogP contribution in [0.1, 0.15) is 31.7 Å². The quantitative estimate of drug-likeness (QED) is 0.242. The van der Waals surface area contributed by atoms with Crippen molar-refractivity contribution in [3.05, 3.63) is 40.4 Å². The second-order valence-corrected chi connectivity index (χ2v) is 5.39. The number of ether oxygens (including phenoxy) is 1. The third kappa shape index (κ3) is 5.10. The van der Waals surface area contributed by atoms with Crippen molar-refractivity contribution in [2.24, 2.45) is 5.92 Å². The maximum Gasteiger partial charge on any atom is 0.441 e. The molecule has 1 rings (SSSR count). The largest absolute Gasteiger partial charge is 0.460 e. The number of hydrogen-bond acceptors (Lipinski definition) is 3. The Labute approximate surface area is 134 Å². The molecule has 1 atom stereocenters. The minimum absolute atomic E-state index is 0.384. The van der Waals surface area contributed by atoms with Crippen molar-refractivity contribution in [3.63, 3.8) is 0 Å². The SMILES string of the molecule is CCCC(CCc1ccc(Cl)cc1)C(=O)C(=[N+]=[N-])C(=O)OC. The minimum atomic E-state index is -0.917. The van der Waals surface area contributed by atoms with Gasteiger partial charge in [-0.25, -0.2) is 4.79 Å². The van der Waals surface area contributed by atoms with Crippen molar-refractivity contribution < 1.29 is 19.1 Å². The first-order valence-corrected chi connectivity index (χ1v) is 7.50. The van der Waals surface area contributed by atoms with Gasteiger partial charge in [-0.15, -0.1) is 0 Å². The number of carbonyl (C=O) groups is 2. The Morgan fingerprint density at radius 3 is 2.41 bits per heavy atom.